The highest BCUT2D eigenvalue weighted by Gasteiger charge is 2.32. The number of rotatable bonds is 5. The molecule has 1 aliphatic heterocycles. The van der Waals surface area contributed by atoms with E-state index < -0.39 is 6.10 Å². The molecule has 0 saturated carbocycles. The van der Waals surface area contributed by atoms with Crippen LogP contribution in [0.15, 0.2) is 30.9 Å². The van der Waals surface area contributed by atoms with E-state index in [1.807, 2.05) is 4.57 Å². The molecule has 1 amide bonds. The van der Waals surface area contributed by atoms with E-state index in [0.29, 0.717) is 46.4 Å². The maximum absolute atomic E-state index is 11.8. The van der Waals surface area contributed by atoms with Crippen LogP contribution in [0.25, 0.3) is 11.2 Å². The second-order valence-electron chi connectivity index (χ2n) is 6.41. The lowest BCUT2D eigenvalue weighted by Crippen LogP contribution is -2.31. The highest BCUT2D eigenvalue weighted by atomic mass is 35.5. The topological polar surface area (TPSA) is 94.0 Å². The SMILES string of the molecule is CNC(=O)[C@@H]1CC[C@H](n2cnc3c(NCc4cc(Cl)ccc4Cl)ncnc32)O1. The number of hydrogen-bond donors (Lipinski definition) is 2. The van der Waals surface area contributed by atoms with Crippen LogP contribution in [0.2, 0.25) is 10.0 Å². The van der Waals surface area contributed by atoms with Crippen molar-refractivity contribution in [2.24, 2.45) is 0 Å². The summed E-state index contributed by atoms with van der Waals surface area (Å²) in [5, 5.41) is 7.08. The third-order valence-electron chi connectivity index (χ3n) is 4.66. The van der Waals surface area contributed by atoms with E-state index in [9.17, 15) is 4.79 Å². The van der Waals surface area contributed by atoms with Crippen LogP contribution in [-0.2, 0) is 16.1 Å². The third kappa shape index (κ3) is 3.63. The number of imidazole rings is 1. The minimum absolute atomic E-state index is 0.123. The fraction of sp³-hybridized carbons (Fsp3) is 0.333. The zero-order valence-electron chi connectivity index (χ0n) is 15.0. The molecular weight excluding hydrogens is 403 g/mol. The molecule has 4 rings (SSSR count). The fourth-order valence-electron chi connectivity index (χ4n) is 3.23. The molecule has 0 unspecified atom stereocenters. The lowest BCUT2D eigenvalue weighted by atomic mass is 10.2. The third-order valence-corrected chi connectivity index (χ3v) is 5.26. The number of amides is 1. The number of carbonyl (C=O) groups is 1. The molecule has 2 aromatic heterocycles. The zero-order valence-corrected chi connectivity index (χ0v) is 16.5. The van der Waals surface area contributed by atoms with Crippen LogP contribution in [0, 0.1) is 0 Å². The Hall–Kier alpha value is -2.42. The van der Waals surface area contributed by atoms with Gasteiger partial charge in [-0.3, -0.25) is 9.36 Å². The van der Waals surface area contributed by atoms with Crippen molar-refractivity contribution in [3.63, 3.8) is 0 Å². The van der Waals surface area contributed by atoms with Crippen LogP contribution in [0.3, 0.4) is 0 Å². The lowest BCUT2D eigenvalue weighted by molar-refractivity contribution is -0.133. The second kappa shape index (κ2) is 7.90. The van der Waals surface area contributed by atoms with Gasteiger partial charge >= 0.3 is 0 Å². The monoisotopic (exact) mass is 420 g/mol. The molecule has 0 radical (unpaired) electrons. The fourth-order valence-corrected chi connectivity index (χ4v) is 3.61. The van der Waals surface area contributed by atoms with E-state index in [0.717, 1.165) is 5.56 Å². The summed E-state index contributed by atoms with van der Waals surface area (Å²) < 4.78 is 7.69. The molecule has 146 valence electrons. The summed E-state index contributed by atoms with van der Waals surface area (Å²) in [5.74, 6) is 0.461. The number of anilines is 1. The molecule has 28 heavy (non-hydrogen) atoms. The molecule has 10 heteroatoms. The van der Waals surface area contributed by atoms with E-state index in [1.165, 1.54) is 6.33 Å². The van der Waals surface area contributed by atoms with Crippen molar-refractivity contribution in [3.8, 4) is 0 Å². The Morgan fingerprint density at radius 2 is 2.14 bits per heavy atom. The lowest BCUT2D eigenvalue weighted by Gasteiger charge is -2.14. The average Bonchev–Trinajstić information content (AvgIpc) is 3.35. The van der Waals surface area contributed by atoms with Gasteiger partial charge in [-0.15, -0.1) is 0 Å². The van der Waals surface area contributed by atoms with Crippen LogP contribution in [-0.4, -0.2) is 38.6 Å². The number of nitrogens with zero attached hydrogens (tertiary/aromatic N) is 4. The van der Waals surface area contributed by atoms with Crippen LogP contribution in [0.1, 0.15) is 24.6 Å². The van der Waals surface area contributed by atoms with Crippen LogP contribution in [0.4, 0.5) is 5.82 Å². The highest BCUT2D eigenvalue weighted by Crippen LogP contribution is 2.31. The summed E-state index contributed by atoms with van der Waals surface area (Å²) in [6, 6.07) is 5.30. The highest BCUT2D eigenvalue weighted by molar-refractivity contribution is 6.33. The molecule has 1 fully saturated rings. The van der Waals surface area contributed by atoms with Crippen molar-refractivity contribution < 1.29 is 9.53 Å². The predicted molar refractivity (Wildman–Crippen MR) is 106 cm³/mol. The van der Waals surface area contributed by atoms with Gasteiger partial charge in [-0.25, -0.2) is 15.0 Å². The van der Waals surface area contributed by atoms with E-state index >= 15 is 0 Å². The normalized spacial score (nSPS) is 19.1. The van der Waals surface area contributed by atoms with Crippen LogP contribution >= 0.6 is 23.2 Å². The Bertz CT molecular complexity index is 1020. The molecule has 1 aromatic carbocycles. The summed E-state index contributed by atoms with van der Waals surface area (Å²) in [5.41, 5.74) is 2.11. The van der Waals surface area contributed by atoms with Crippen LogP contribution in [0.5, 0.6) is 0 Å². The minimum Gasteiger partial charge on any atom is -0.364 e. The standard InChI is InChI=1S/C18H18Cl2N6O2/c1-21-18(27)13-4-5-14(28-13)26-9-25-15-16(23-8-24-17(15)26)22-7-10-6-11(19)2-3-12(10)20/h2-3,6,8-9,13-14H,4-5,7H2,1H3,(H,21,27)(H,22,23,24)/t13-,14+/m0/s1. The van der Waals surface area contributed by atoms with Crippen molar-refractivity contribution in [2.75, 3.05) is 12.4 Å². The van der Waals surface area contributed by atoms with Crippen molar-refractivity contribution in [3.05, 3.63) is 46.5 Å². The number of aromatic nitrogens is 4. The number of halogens is 2. The molecule has 3 aromatic rings. The second-order valence-corrected chi connectivity index (χ2v) is 7.25. The van der Waals surface area contributed by atoms with Crippen molar-refractivity contribution in [1.82, 2.24) is 24.8 Å². The number of hydrogen-bond acceptors (Lipinski definition) is 6. The van der Waals surface area contributed by atoms with E-state index in [-0.39, 0.29) is 12.1 Å². The first-order valence-corrected chi connectivity index (χ1v) is 9.55. The van der Waals surface area contributed by atoms with Gasteiger partial charge < -0.3 is 15.4 Å². The quantitative estimate of drug-likeness (QED) is 0.658. The van der Waals surface area contributed by atoms with E-state index in [4.69, 9.17) is 27.9 Å². The van der Waals surface area contributed by atoms with Gasteiger partial charge in [0.25, 0.3) is 0 Å². The van der Waals surface area contributed by atoms with Crippen molar-refractivity contribution in [1.29, 1.82) is 0 Å². The molecule has 1 saturated heterocycles. The summed E-state index contributed by atoms with van der Waals surface area (Å²) >= 11 is 12.3. The van der Waals surface area contributed by atoms with Gasteiger partial charge in [0.15, 0.2) is 17.0 Å². The molecular formula is C18H18Cl2N6O2. The maximum Gasteiger partial charge on any atom is 0.248 e. The Morgan fingerprint density at radius 1 is 1.29 bits per heavy atom. The number of nitrogens with one attached hydrogen (secondary N) is 2. The first-order valence-electron chi connectivity index (χ1n) is 8.79. The predicted octanol–water partition coefficient (Wildman–Crippen LogP) is 3.17. The van der Waals surface area contributed by atoms with Gasteiger partial charge in [-0.2, -0.15) is 0 Å². The summed E-state index contributed by atoms with van der Waals surface area (Å²) in [4.78, 5) is 24.9. The zero-order chi connectivity index (χ0) is 19.7. The molecule has 0 spiro atoms. The minimum atomic E-state index is -0.461. The first kappa shape index (κ1) is 18.9. The average molecular weight is 421 g/mol. The Labute approximate surface area is 171 Å². The van der Waals surface area contributed by atoms with Gasteiger partial charge in [-0.05, 0) is 36.6 Å². The Balaban J connectivity index is 1.55. The van der Waals surface area contributed by atoms with Gasteiger partial charge in [0.1, 0.15) is 18.7 Å². The first-order chi connectivity index (χ1) is 13.6. The van der Waals surface area contributed by atoms with Crippen molar-refractivity contribution >= 4 is 46.1 Å². The largest absolute Gasteiger partial charge is 0.364 e. The summed E-state index contributed by atoms with van der Waals surface area (Å²) in [6.07, 6.45) is 3.72. The number of ether oxygens (including phenoxy) is 1. The Morgan fingerprint density at radius 3 is 2.96 bits per heavy atom. The van der Waals surface area contributed by atoms with E-state index in [2.05, 4.69) is 25.6 Å². The van der Waals surface area contributed by atoms with E-state index in [1.54, 1.807) is 31.6 Å². The van der Waals surface area contributed by atoms with Gasteiger partial charge in [0.2, 0.25) is 5.91 Å². The number of carbonyl (C=O) groups excluding carboxylic acids is 1. The summed E-state index contributed by atoms with van der Waals surface area (Å²) in [6.45, 7) is 0.442. The molecule has 8 nitrogen and oxygen atoms in total. The van der Waals surface area contributed by atoms with Crippen molar-refractivity contribution in [2.45, 2.75) is 31.7 Å². The molecule has 0 bridgehead atoms. The van der Waals surface area contributed by atoms with Gasteiger partial charge in [0.05, 0.1) is 6.33 Å². The number of likely N-dealkylation sites (N-methyl/N-ethyl adjacent to an activating group) is 1. The molecule has 2 atom stereocenters. The maximum atomic E-state index is 11.8. The summed E-state index contributed by atoms with van der Waals surface area (Å²) in [7, 11) is 1.60. The van der Waals surface area contributed by atoms with Crippen LogP contribution < -0.4 is 10.6 Å². The molecule has 3 heterocycles. The number of fused-ring (bicyclic) bond motifs is 1. The molecule has 2 N–H and O–H groups in total. The Kier molecular flexibility index (Phi) is 5.34. The van der Waals surface area contributed by atoms with Gasteiger partial charge in [0, 0.05) is 23.6 Å². The number of benzene rings is 1. The molecule has 1 aliphatic rings. The van der Waals surface area contributed by atoms with Gasteiger partial charge in [-0.1, -0.05) is 23.2 Å². The molecule has 0 aliphatic carbocycles. The smallest absolute Gasteiger partial charge is 0.248 e.